The van der Waals surface area contributed by atoms with Crippen LogP contribution < -0.4 is 5.32 Å². The van der Waals surface area contributed by atoms with E-state index >= 15 is 0 Å². The Morgan fingerprint density at radius 1 is 1.26 bits per heavy atom. The molecule has 118 valence electrons. The van der Waals surface area contributed by atoms with Crippen molar-refractivity contribution in [1.29, 1.82) is 5.26 Å². The summed E-state index contributed by atoms with van der Waals surface area (Å²) in [7, 11) is 0. The van der Waals surface area contributed by atoms with Crippen LogP contribution in [-0.4, -0.2) is 35.4 Å². The maximum Gasteiger partial charge on any atom is 0.224 e. The molecular weight excluding hydrogens is 288 g/mol. The van der Waals surface area contributed by atoms with Gasteiger partial charge in [0.15, 0.2) is 0 Å². The number of anilines is 1. The fraction of sp³-hybridized carbons (Fsp3) is 0.389. The van der Waals surface area contributed by atoms with Gasteiger partial charge in [-0.05, 0) is 31.4 Å². The highest BCUT2D eigenvalue weighted by molar-refractivity contribution is 5.92. The maximum absolute atomic E-state index is 12.2. The summed E-state index contributed by atoms with van der Waals surface area (Å²) >= 11 is 0. The molecule has 1 aliphatic rings. The highest BCUT2D eigenvalue weighted by atomic mass is 16.2. The number of piperidine rings is 1. The quantitative estimate of drug-likeness (QED) is 0.943. The molecule has 1 aromatic carbocycles. The van der Waals surface area contributed by atoms with Gasteiger partial charge < -0.3 is 10.2 Å². The van der Waals surface area contributed by atoms with Crippen LogP contribution in [0.3, 0.4) is 0 Å². The molecule has 1 aliphatic heterocycles. The van der Waals surface area contributed by atoms with Crippen molar-refractivity contribution >= 4 is 22.5 Å². The maximum atomic E-state index is 12.2. The summed E-state index contributed by atoms with van der Waals surface area (Å²) in [5.41, 5.74) is 2.03. The standard InChI is InChI=1S/C18H20N4O/c19-13-14-12-17(15-6-2-3-7-16(15)21-14)20-9-8-18(23)22-10-4-1-5-11-22/h2-3,6-7,12H,1,4-5,8-11H2,(H,20,21). The average molecular weight is 308 g/mol. The number of carbonyl (C=O) groups excluding carboxylic acids is 1. The van der Waals surface area contributed by atoms with E-state index < -0.39 is 0 Å². The number of likely N-dealkylation sites (tertiary alicyclic amines) is 1. The van der Waals surface area contributed by atoms with E-state index in [1.165, 1.54) is 6.42 Å². The summed E-state index contributed by atoms with van der Waals surface area (Å²) in [5, 5.41) is 13.4. The Morgan fingerprint density at radius 3 is 2.83 bits per heavy atom. The average Bonchev–Trinajstić information content (AvgIpc) is 2.62. The van der Waals surface area contributed by atoms with Crippen LogP contribution in [0.1, 0.15) is 31.4 Å². The number of nitrogens with zero attached hydrogens (tertiary/aromatic N) is 3. The molecule has 1 fully saturated rings. The third kappa shape index (κ3) is 3.59. The van der Waals surface area contributed by atoms with Gasteiger partial charge in [0, 0.05) is 37.1 Å². The van der Waals surface area contributed by atoms with E-state index in [1.54, 1.807) is 6.07 Å². The van der Waals surface area contributed by atoms with Crippen molar-refractivity contribution in [3.63, 3.8) is 0 Å². The van der Waals surface area contributed by atoms with Gasteiger partial charge in [-0.3, -0.25) is 4.79 Å². The van der Waals surface area contributed by atoms with E-state index in [2.05, 4.69) is 16.4 Å². The number of carbonyl (C=O) groups is 1. The van der Waals surface area contributed by atoms with E-state index in [1.807, 2.05) is 29.2 Å². The number of aromatic nitrogens is 1. The number of pyridine rings is 1. The summed E-state index contributed by atoms with van der Waals surface area (Å²) in [6, 6.07) is 11.5. The van der Waals surface area contributed by atoms with Crippen molar-refractivity contribution in [2.24, 2.45) is 0 Å². The van der Waals surface area contributed by atoms with Crippen molar-refractivity contribution in [2.45, 2.75) is 25.7 Å². The number of hydrogen-bond acceptors (Lipinski definition) is 4. The van der Waals surface area contributed by atoms with Gasteiger partial charge in [-0.15, -0.1) is 0 Å². The summed E-state index contributed by atoms with van der Waals surface area (Å²) in [5.74, 6) is 0.205. The van der Waals surface area contributed by atoms with Crippen molar-refractivity contribution in [1.82, 2.24) is 9.88 Å². The van der Waals surface area contributed by atoms with Gasteiger partial charge in [0.05, 0.1) is 5.52 Å². The predicted octanol–water partition coefficient (Wildman–Crippen LogP) is 2.92. The second kappa shape index (κ2) is 7.10. The zero-order chi connectivity index (χ0) is 16.1. The zero-order valence-corrected chi connectivity index (χ0v) is 13.1. The van der Waals surface area contributed by atoms with E-state index in [9.17, 15) is 4.79 Å². The molecule has 1 aromatic heterocycles. The SMILES string of the molecule is N#Cc1cc(NCCC(=O)N2CCCCC2)c2ccccc2n1. The number of amides is 1. The largest absolute Gasteiger partial charge is 0.384 e. The molecule has 23 heavy (non-hydrogen) atoms. The van der Waals surface area contributed by atoms with Crippen molar-refractivity contribution in [3.8, 4) is 6.07 Å². The number of para-hydroxylation sites is 1. The van der Waals surface area contributed by atoms with Crippen molar-refractivity contribution < 1.29 is 4.79 Å². The molecule has 0 spiro atoms. The van der Waals surface area contributed by atoms with Gasteiger partial charge in [-0.1, -0.05) is 18.2 Å². The molecule has 0 radical (unpaired) electrons. The molecule has 1 amide bonds. The van der Waals surface area contributed by atoms with E-state index in [-0.39, 0.29) is 5.91 Å². The highest BCUT2D eigenvalue weighted by Crippen LogP contribution is 2.23. The van der Waals surface area contributed by atoms with Crippen LogP contribution in [0.25, 0.3) is 10.9 Å². The molecule has 0 unspecified atom stereocenters. The van der Waals surface area contributed by atoms with Crippen LogP contribution in [-0.2, 0) is 4.79 Å². The smallest absolute Gasteiger partial charge is 0.224 e. The molecule has 3 rings (SSSR count). The van der Waals surface area contributed by atoms with Crippen molar-refractivity contribution in [3.05, 3.63) is 36.0 Å². The molecule has 0 bridgehead atoms. The second-order valence-electron chi connectivity index (χ2n) is 5.80. The molecule has 5 nitrogen and oxygen atoms in total. The molecule has 2 aromatic rings. The molecule has 5 heteroatoms. The van der Waals surface area contributed by atoms with Crippen LogP contribution >= 0.6 is 0 Å². The van der Waals surface area contributed by atoms with Gasteiger partial charge in [-0.2, -0.15) is 5.26 Å². The molecule has 1 saturated heterocycles. The lowest BCUT2D eigenvalue weighted by Gasteiger charge is -2.26. The number of hydrogen-bond donors (Lipinski definition) is 1. The van der Waals surface area contributed by atoms with Crippen LogP contribution in [0.4, 0.5) is 5.69 Å². The zero-order valence-electron chi connectivity index (χ0n) is 13.1. The first-order valence-corrected chi connectivity index (χ1v) is 8.09. The predicted molar refractivity (Wildman–Crippen MR) is 90.0 cm³/mol. The number of fused-ring (bicyclic) bond motifs is 1. The van der Waals surface area contributed by atoms with Crippen LogP contribution in [0, 0.1) is 11.3 Å². The first-order chi connectivity index (χ1) is 11.3. The Kier molecular flexibility index (Phi) is 4.72. The number of nitriles is 1. The number of nitrogens with one attached hydrogen (secondary N) is 1. The van der Waals surface area contributed by atoms with Gasteiger partial charge in [-0.25, -0.2) is 4.98 Å². The Balaban J connectivity index is 1.67. The fourth-order valence-corrected chi connectivity index (χ4v) is 2.98. The minimum Gasteiger partial charge on any atom is -0.384 e. The van der Waals surface area contributed by atoms with Crippen molar-refractivity contribution in [2.75, 3.05) is 25.0 Å². The first kappa shape index (κ1) is 15.3. The van der Waals surface area contributed by atoms with E-state index in [0.717, 1.165) is 42.5 Å². The first-order valence-electron chi connectivity index (χ1n) is 8.09. The Hall–Kier alpha value is -2.61. The molecule has 0 saturated carbocycles. The fourth-order valence-electron chi connectivity index (χ4n) is 2.98. The summed E-state index contributed by atoms with van der Waals surface area (Å²) in [6.45, 7) is 2.33. The topological polar surface area (TPSA) is 69.0 Å². The molecule has 0 aliphatic carbocycles. The Morgan fingerprint density at radius 2 is 2.04 bits per heavy atom. The van der Waals surface area contributed by atoms with Crippen LogP contribution in [0.15, 0.2) is 30.3 Å². The Labute approximate surface area is 135 Å². The third-order valence-corrected chi connectivity index (χ3v) is 4.19. The lowest BCUT2D eigenvalue weighted by Crippen LogP contribution is -2.36. The minimum atomic E-state index is 0.205. The second-order valence-corrected chi connectivity index (χ2v) is 5.80. The van der Waals surface area contributed by atoms with Crippen LogP contribution in [0.5, 0.6) is 0 Å². The summed E-state index contributed by atoms with van der Waals surface area (Å²) in [6.07, 6.45) is 3.92. The molecule has 2 heterocycles. The summed E-state index contributed by atoms with van der Waals surface area (Å²) < 4.78 is 0. The van der Waals surface area contributed by atoms with E-state index in [0.29, 0.717) is 18.7 Å². The monoisotopic (exact) mass is 308 g/mol. The molecular formula is C18H20N4O. The van der Waals surface area contributed by atoms with Gasteiger partial charge in [0.2, 0.25) is 5.91 Å². The molecule has 0 atom stereocenters. The lowest BCUT2D eigenvalue weighted by atomic mass is 10.1. The number of rotatable bonds is 4. The normalized spacial score (nSPS) is 14.5. The van der Waals surface area contributed by atoms with Gasteiger partial charge >= 0.3 is 0 Å². The summed E-state index contributed by atoms with van der Waals surface area (Å²) in [4.78, 5) is 18.4. The highest BCUT2D eigenvalue weighted by Gasteiger charge is 2.16. The van der Waals surface area contributed by atoms with Gasteiger partial charge in [0.1, 0.15) is 11.8 Å². The molecule has 1 N–H and O–H groups in total. The third-order valence-electron chi connectivity index (χ3n) is 4.19. The minimum absolute atomic E-state index is 0.205. The lowest BCUT2D eigenvalue weighted by molar-refractivity contribution is -0.131. The Bertz CT molecular complexity index is 744. The van der Waals surface area contributed by atoms with Crippen LogP contribution in [0.2, 0.25) is 0 Å². The number of benzene rings is 1. The van der Waals surface area contributed by atoms with E-state index in [4.69, 9.17) is 5.26 Å². The van der Waals surface area contributed by atoms with Gasteiger partial charge in [0.25, 0.3) is 0 Å².